The first-order chi connectivity index (χ1) is 9.26. The average Bonchev–Trinajstić information content (AvgIpc) is 3.29. The van der Waals surface area contributed by atoms with Gasteiger partial charge < -0.3 is 10.1 Å². The van der Waals surface area contributed by atoms with E-state index in [0.29, 0.717) is 6.04 Å². The second-order valence-electron chi connectivity index (χ2n) is 6.21. The molecule has 1 atom stereocenters. The summed E-state index contributed by atoms with van der Waals surface area (Å²) in [6, 6.07) is 9.18. The summed E-state index contributed by atoms with van der Waals surface area (Å²) in [5, 5.41) is 3.75. The molecule has 3 rings (SSSR count). The van der Waals surface area contributed by atoms with Crippen LogP contribution in [0.5, 0.6) is 5.75 Å². The predicted molar refractivity (Wildman–Crippen MR) is 79.7 cm³/mol. The van der Waals surface area contributed by atoms with Crippen molar-refractivity contribution in [3.8, 4) is 5.75 Å². The smallest absolute Gasteiger partial charge is 0.121 e. The minimum atomic E-state index is 0.290. The van der Waals surface area contributed by atoms with Gasteiger partial charge in [0.1, 0.15) is 5.75 Å². The Kier molecular flexibility index (Phi) is 3.67. The van der Waals surface area contributed by atoms with Crippen molar-refractivity contribution < 1.29 is 4.74 Å². The van der Waals surface area contributed by atoms with Gasteiger partial charge in [0.2, 0.25) is 0 Å². The highest BCUT2D eigenvalue weighted by atomic mass is 16.5. The fourth-order valence-corrected chi connectivity index (χ4v) is 2.70. The summed E-state index contributed by atoms with van der Waals surface area (Å²) in [5.74, 6) is 2.84. The maximum Gasteiger partial charge on any atom is 0.121 e. The van der Waals surface area contributed by atoms with Gasteiger partial charge in [0.25, 0.3) is 0 Å². The van der Waals surface area contributed by atoms with Gasteiger partial charge in [-0.25, -0.2) is 0 Å². The molecule has 1 aromatic carbocycles. The summed E-state index contributed by atoms with van der Waals surface area (Å²) in [4.78, 5) is 0. The summed E-state index contributed by atoms with van der Waals surface area (Å²) in [6.07, 6.45) is 6.99. The topological polar surface area (TPSA) is 21.3 Å². The zero-order valence-corrected chi connectivity index (χ0v) is 12.1. The summed E-state index contributed by atoms with van der Waals surface area (Å²) in [5.41, 5.74) is 1.23. The van der Waals surface area contributed by atoms with Gasteiger partial charge in [0.05, 0.1) is 6.10 Å². The van der Waals surface area contributed by atoms with Crippen LogP contribution >= 0.6 is 0 Å². The lowest BCUT2D eigenvalue weighted by atomic mass is 10.1. The summed E-state index contributed by atoms with van der Waals surface area (Å²) in [7, 11) is 0. The van der Waals surface area contributed by atoms with Gasteiger partial charge >= 0.3 is 0 Å². The lowest BCUT2D eigenvalue weighted by Gasteiger charge is -2.20. The molecule has 2 saturated carbocycles. The molecule has 0 heterocycles. The van der Waals surface area contributed by atoms with Gasteiger partial charge in [-0.15, -0.1) is 0 Å². The lowest BCUT2D eigenvalue weighted by molar-refractivity contribution is 0.217. The third-order valence-corrected chi connectivity index (χ3v) is 4.34. The van der Waals surface area contributed by atoms with Gasteiger partial charge in [-0.1, -0.05) is 13.0 Å². The van der Waals surface area contributed by atoms with Crippen LogP contribution in [0.1, 0.15) is 46.0 Å². The first-order valence-corrected chi connectivity index (χ1v) is 7.79. The molecule has 2 heteroatoms. The zero-order chi connectivity index (χ0) is 13.2. The molecule has 0 bridgehead atoms. The molecular formula is C17H25NO. The fraction of sp³-hybridized carbons (Fsp3) is 0.647. The van der Waals surface area contributed by atoms with E-state index in [0.717, 1.165) is 24.0 Å². The highest BCUT2D eigenvalue weighted by Gasteiger charge is 2.41. The molecule has 2 fully saturated rings. The molecule has 2 aliphatic carbocycles. The van der Waals surface area contributed by atoms with Crippen molar-refractivity contribution in [3.05, 3.63) is 24.3 Å². The lowest BCUT2D eigenvalue weighted by Crippen LogP contribution is -2.24. The van der Waals surface area contributed by atoms with Crippen LogP contribution in [-0.4, -0.2) is 12.1 Å². The molecule has 1 unspecified atom stereocenters. The second-order valence-corrected chi connectivity index (χ2v) is 6.21. The molecule has 0 saturated heterocycles. The second kappa shape index (κ2) is 5.44. The van der Waals surface area contributed by atoms with E-state index in [1.165, 1.54) is 31.4 Å². The van der Waals surface area contributed by atoms with Crippen LogP contribution in [0.2, 0.25) is 0 Å². The SMILES string of the molecule is CCC(C)Oc1cccc(NC(C2CC2)C2CC2)c1. The maximum atomic E-state index is 5.90. The van der Waals surface area contributed by atoms with Gasteiger partial charge in [-0.3, -0.25) is 0 Å². The average molecular weight is 259 g/mol. The number of nitrogens with one attached hydrogen (secondary N) is 1. The van der Waals surface area contributed by atoms with Gasteiger partial charge in [-0.05, 0) is 63.0 Å². The van der Waals surface area contributed by atoms with Crippen LogP contribution in [0.4, 0.5) is 5.69 Å². The van der Waals surface area contributed by atoms with Crippen molar-refractivity contribution in [2.24, 2.45) is 11.8 Å². The Hall–Kier alpha value is -1.18. The van der Waals surface area contributed by atoms with Crippen molar-refractivity contribution in [1.29, 1.82) is 0 Å². The Morgan fingerprint density at radius 1 is 1.21 bits per heavy atom. The summed E-state index contributed by atoms with van der Waals surface area (Å²) in [6.45, 7) is 4.28. The first kappa shape index (κ1) is 12.8. The van der Waals surface area contributed by atoms with Crippen molar-refractivity contribution in [1.82, 2.24) is 0 Å². The molecule has 0 spiro atoms. The molecule has 2 aliphatic rings. The molecule has 0 aliphatic heterocycles. The van der Waals surface area contributed by atoms with E-state index in [4.69, 9.17) is 4.74 Å². The minimum Gasteiger partial charge on any atom is -0.491 e. The predicted octanol–water partition coefficient (Wildman–Crippen LogP) is 4.46. The van der Waals surface area contributed by atoms with E-state index in [2.05, 4.69) is 43.4 Å². The normalized spacial score (nSPS) is 20.4. The highest BCUT2D eigenvalue weighted by Crippen LogP contribution is 2.46. The molecule has 0 aromatic heterocycles. The third-order valence-electron chi connectivity index (χ3n) is 4.34. The molecule has 0 radical (unpaired) electrons. The Morgan fingerprint density at radius 2 is 1.89 bits per heavy atom. The fourth-order valence-electron chi connectivity index (χ4n) is 2.70. The number of ether oxygens (including phenoxy) is 1. The van der Waals surface area contributed by atoms with Crippen LogP contribution < -0.4 is 10.1 Å². The van der Waals surface area contributed by atoms with Gasteiger partial charge in [0.15, 0.2) is 0 Å². The molecule has 1 N–H and O–H groups in total. The van der Waals surface area contributed by atoms with Crippen LogP contribution in [0.25, 0.3) is 0 Å². The number of benzene rings is 1. The molecule has 104 valence electrons. The number of hydrogen-bond donors (Lipinski definition) is 1. The monoisotopic (exact) mass is 259 g/mol. The van der Waals surface area contributed by atoms with Gasteiger partial charge in [0, 0.05) is 17.8 Å². The van der Waals surface area contributed by atoms with E-state index in [-0.39, 0.29) is 6.10 Å². The van der Waals surface area contributed by atoms with E-state index in [1.807, 2.05) is 0 Å². The van der Waals surface area contributed by atoms with Crippen LogP contribution in [0, 0.1) is 11.8 Å². The largest absolute Gasteiger partial charge is 0.491 e. The zero-order valence-electron chi connectivity index (χ0n) is 12.1. The van der Waals surface area contributed by atoms with Crippen molar-refractivity contribution in [3.63, 3.8) is 0 Å². The van der Waals surface area contributed by atoms with E-state index >= 15 is 0 Å². The summed E-state index contributed by atoms with van der Waals surface area (Å²) >= 11 is 0. The molecule has 2 nitrogen and oxygen atoms in total. The van der Waals surface area contributed by atoms with Crippen molar-refractivity contribution in [2.45, 2.75) is 58.1 Å². The van der Waals surface area contributed by atoms with Gasteiger partial charge in [-0.2, -0.15) is 0 Å². The number of rotatable bonds is 7. The highest BCUT2D eigenvalue weighted by molar-refractivity contribution is 5.49. The Bertz CT molecular complexity index is 411. The van der Waals surface area contributed by atoms with Crippen LogP contribution in [0.3, 0.4) is 0 Å². The molecule has 19 heavy (non-hydrogen) atoms. The first-order valence-electron chi connectivity index (χ1n) is 7.79. The van der Waals surface area contributed by atoms with E-state index in [9.17, 15) is 0 Å². The van der Waals surface area contributed by atoms with Crippen LogP contribution in [0.15, 0.2) is 24.3 Å². The number of hydrogen-bond acceptors (Lipinski definition) is 2. The third kappa shape index (κ3) is 3.43. The van der Waals surface area contributed by atoms with E-state index in [1.54, 1.807) is 0 Å². The minimum absolute atomic E-state index is 0.290. The standard InChI is InChI=1S/C17H25NO/c1-3-12(2)19-16-6-4-5-15(11-16)18-17(13-7-8-13)14-9-10-14/h4-6,11-14,17-18H,3,7-10H2,1-2H3. The molecule has 0 amide bonds. The maximum absolute atomic E-state index is 5.90. The quantitative estimate of drug-likeness (QED) is 0.780. The summed E-state index contributed by atoms with van der Waals surface area (Å²) < 4.78 is 5.90. The van der Waals surface area contributed by atoms with E-state index < -0.39 is 0 Å². The van der Waals surface area contributed by atoms with Crippen molar-refractivity contribution >= 4 is 5.69 Å². The Balaban J connectivity index is 1.64. The van der Waals surface area contributed by atoms with Crippen molar-refractivity contribution in [2.75, 3.05) is 5.32 Å². The Morgan fingerprint density at radius 3 is 2.47 bits per heavy atom. The number of anilines is 1. The van der Waals surface area contributed by atoms with Crippen LogP contribution in [-0.2, 0) is 0 Å². The Labute approximate surface area is 116 Å². The molecule has 1 aromatic rings. The molecular weight excluding hydrogens is 234 g/mol.